The SMILES string of the molecule is O=C1C=C(N(Cc2ccc(Cl)nc2)Cc2cncs2)CO1. The Morgan fingerprint density at radius 2 is 2.24 bits per heavy atom. The number of ether oxygens (including phenoxy) is 1. The van der Waals surface area contributed by atoms with Crippen LogP contribution in [-0.2, 0) is 22.6 Å². The third-order valence-electron chi connectivity index (χ3n) is 3.05. The lowest BCUT2D eigenvalue weighted by atomic mass is 10.2. The predicted molar refractivity (Wildman–Crippen MR) is 79.7 cm³/mol. The van der Waals surface area contributed by atoms with Crippen LogP contribution >= 0.6 is 22.9 Å². The first-order chi connectivity index (χ1) is 10.2. The Morgan fingerprint density at radius 3 is 2.86 bits per heavy atom. The molecule has 0 radical (unpaired) electrons. The van der Waals surface area contributed by atoms with Crippen LogP contribution in [0.2, 0.25) is 5.15 Å². The summed E-state index contributed by atoms with van der Waals surface area (Å²) in [6.45, 7) is 1.61. The van der Waals surface area contributed by atoms with Crippen molar-refractivity contribution >= 4 is 28.9 Å². The number of hydrogen-bond acceptors (Lipinski definition) is 6. The second kappa shape index (κ2) is 6.24. The van der Waals surface area contributed by atoms with E-state index in [-0.39, 0.29) is 5.97 Å². The molecule has 0 fully saturated rings. The molecule has 0 N–H and O–H groups in total. The fourth-order valence-electron chi connectivity index (χ4n) is 2.03. The average molecular weight is 322 g/mol. The first-order valence-corrected chi connectivity index (χ1v) is 7.56. The third kappa shape index (κ3) is 3.59. The number of cyclic esters (lactones) is 1. The first-order valence-electron chi connectivity index (χ1n) is 6.31. The number of nitrogens with zero attached hydrogens (tertiary/aromatic N) is 3. The van der Waals surface area contributed by atoms with Gasteiger partial charge in [-0.25, -0.2) is 9.78 Å². The number of hydrogen-bond donors (Lipinski definition) is 0. The minimum atomic E-state index is -0.298. The van der Waals surface area contributed by atoms with E-state index in [0.29, 0.717) is 24.8 Å². The van der Waals surface area contributed by atoms with Crippen molar-refractivity contribution in [1.29, 1.82) is 0 Å². The van der Waals surface area contributed by atoms with E-state index in [4.69, 9.17) is 16.3 Å². The fraction of sp³-hybridized carbons (Fsp3) is 0.214. The molecule has 0 aromatic carbocycles. The van der Waals surface area contributed by atoms with Gasteiger partial charge in [-0.05, 0) is 11.6 Å². The molecule has 0 unspecified atom stereocenters. The third-order valence-corrected chi connectivity index (χ3v) is 4.03. The maximum atomic E-state index is 11.3. The molecule has 2 aromatic rings. The van der Waals surface area contributed by atoms with E-state index in [1.54, 1.807) is 29.1 Å². The van der Waals surface area contributed by atoms with E-state index in [2.05, 4.69) is 14.9 Å². The zero-order valence-electron chi connectivity index (χ0n) is 11.0. The molecule has 1 aliphatic rings. The van der Waals surface area contributed by atoms with Crippen molar-refractivity contribution in [2.45, 2.75) is 13.1 Å². The lowest BCUT2D eigenvalue weighted by molar-refractivity contribution is -0.135. The molecule has 0 saturated heterocycles. The van der Waals surface area contributed by atoms with E-state index in [1.165, 1.54) is 6.08 Å². The molecule has 0 aliphatic carbocycles. The molecule has 0 saturated carbocycles. The van der Waals surface area contributed by atoms with E-state index in [0.717, 1.165) is 16.1 Å². The van der Waals surface area contributed by atoms with Crippen LogP contribution in [0.1, 0.15) is 10.4 Å². The Labute approximate surface area is 130 Å². The fourth-order valence-corrected chi connectivity index (χ4v) is 2.76. The molecule has 0 atom stereocenters. The summed E-state index contributed by atoms with van der Waals surface area (Å²) in [5.41, 5.74) is 3.68. The summed E-state index contributed by atoms with van der Waals surface area (Å²) in [5, 5.41) is 0.464. The summed E-state index contributed by atoms with van der Waals surface area (Å²) >= 11 is 7.38. The van der Waals surface area contributed by atoms with Gasteiger partial charge in [-0.2, -0.15) is 0 Å². The first kappa shape index (κ1) is 14.0. The van der Waals surface area contributed by atoms with Gasteiger partial charge in [0.25, 0.3) is 0 Å². The summed E-state index contributed by atoms with van der Waals surface area (Å²) < 4.78 is 5.00. The molecular formula is C14H12ClN3O2S. The van der Waals surface area contributed by atoms with E-state index in [1.807, 2.05) is 12.3 Å². The van der Waals surface area contributed by atoms with Gasteiger partial charge in [-0.1, -0.05) is 17.7 Å². The Bertz CT molecular complexity index is 655. The largest absolute Gasteiger partial charge is 0.456 e. The summed E-state index contributed by atoms with van der Waals surface area (Å²) in [5.74, 6) is -0.298. The number of pyridine rings is 1. The van der Waals surface area contributed by atoms with Gasteiger partial charge in [0, 0.05) is 29.9 Å². The zero-order chi connectivity index (χ0) is 14.7. The van der Waals surface area contributed by atoms with Gasteiger partial charge >= 0.3 is 5.97 Å². The maximum Gasteiger partial charge on any atom is 0.333 e. The Balaban J connectivity index is 1.79. The number of carbonyl (C=O) groups is 1. The van der Waals surface area contributed by atoms with Gasteiger partial charge in [0.1, 0.15) is 11.8 Å². The molecule has 0 spiro atoms. The quantitative estimate of drug-likeness (QED) is 0.626. The Morgan fingerprint density at radius 1 is 1.33 bits per heavy atom. The lowest BCUT2D eigenvalue weighted by Gasteiger charge is -2.24. The number of aromatic nitrogens is 2. The van der Waals surface area contributed by atoms with Crippen LogP contribution in [0.4, 0.5) is 0 Å². The summed E-state index contributed by atoms with van der Waals surface area (Å²) in [6.07, 6.45) is 5.10. The van der Waals surface area contributed by atoms with Crippen molar-refractivity contribution in [3.05, 3.63) is 57.4 Å². The van der Waals surface area contributed by atoms with Crippen molar-refractivity contribution in [1.82, 2.24) is 14.9 Å². The molecule has 0 amide bonds. The topological polar surface area (TPSA) is 55.3 Å². The zero-order valence-corrected chi connectivity index (χ0v) is 12.6. The van der Waals surface area contributed by atoms with Crippen LogP contribution in [0.25, 0.3) is 0 Å². The highest BCUT2D eigenvalue weighted by atomic mass is 35.5. The van der Waals surface area contributed by atoms with Crippen LogP contribution in [0.15, 0.2) is 41.8 Å². The highest BCUT2D eigenvalue weighted by Crippen LogP contribution is 2.20. The van der Waals surface area contributed by atoms with E-state index in [9.17, 15) is 4.79 Å². The Hall–Kier alpha value is -1.92. The molecule has 1 aliphatic heterocycles. The van der Waals surface area contributed by atoms with Crippen molar-refractivity contribution in [3.63, 3.8) is 0 Å². The van der Waals surface area contributed by atoms with Crippen molar-refractivity contribution < 1.29 is 9.53 Å². The normalized spacial score (nSPS) is 14.0. The highest BCUT2D eigenvalue weighted by molar-refractivity contribution is 7.09. The van der Waals surface area contributed by atoms with Gasteiger partial charge in [-0.3, -0.25) is 4.98 Å². The Kier molecular flexibility index (Phi) is 4.17. The molecular weight excluding hydrogens is 310 g/mol. The number of rotatable bonds is 5. The average Bonchev–Trinajstić information content (AvgIpc) is 3.12. The molecule has 21 heavy (non-hydrogen) atoms. The summed E-state index contributed by atoms with van der Waals surface area (Å²) in [6, 6.07) is 3.68. The van der Waals surface area contributed by atoms with E-state index < -0.39 is 0 Å². The van der Waals surface area contributed by atoms with Crippen molar-refractivity contribution in [3.8, 4) is 0 Å². The summed E-state index contributed by atoms with van der Waals surface area (Å²) in [4.78, 5) is 22.7. The molecule has 3 rings (SSSR count). The molecule has 5 nitrogen and oxygen atoms in total. The standard InChI is InChI=1S/C14H12ClN3O2S/c15-13-2-1-10(4-17-13)6-18(7-12-5-16-9-21-12)11-3-14(19)20-8-11/h1-5,9H,6-8H2. The monoisotopic (exact) mass is 321 g/mol. The molecule has 0 bridgehead atoms. The number of halogens is 1. The van der Waals surface area contributed by atoms with Crippen LogP contribution in [0.5, 0.6) is 0 Å². The van der Waals surface area contributed by atoms with Gasteiger partial charge in [0.2, 0.25) is 0 Å². The van der Waals surface area contributed by atoms with Crippen LogP contribution in [0.3, 0.4) is 0 Å². The van der Waals surface area contributed by atoms with Crippen LogP contribution in [0, 0.1) is 0 Å². The summed E-state index contributed by atoms with van der Waals surface area (Å²) in [7, 11) is 0. The van der Waals surface area contributed by atoms with Gasteiger partial charge in [-0.15, -0.1) is 11.3 Å². The second-order valence-corrected chi connectivity index (χ2v) is 5.91. The van der Waals surface area contributed by atoms with Crippen LogP contribution < -0.4 is 0 Å². The minimum Gasteiger partial charge on any atom is -0.456 e. The maximum absolute atomic E-state index is 11.3. The van der Waals surface area contributed by atoms with Crippen molar-refractivity contribution in [2.75, 3.05) is 6.61 Å². The van der Waals surface area contributed by atoms with Gasteiger partial charge < -0.3 is 9.64 Å². The predicted octanol–water partition coefficient (Wildman–Crippen LogP) is 2.63. The minimum absolute atomic E-state index is 0.298. The van der Waals surface area contributed by atoms with Crippen LogP contribution in [-0.4, -0.2) is 27.4 Å². The number of esters is 1. The van der Waals surface area contributed by atoms with Crippen molar-refractivity contribution in [2.24, 2.45) is 0 Å². The number of carbonyl (C=O) groups excluding carboxylic acids is 1. The molecule has 2 aromatic heterocycles. The van der Waals surface area contributed by atoms with Gasteiger partial charge in [0.05, 0.1) is 17.8 Å². The van der Waals surface area contributed by atoms with Gasteiger partial charge in [0.15, 0.2) is 0 Å². The number of thiazole rings is 1. The molecule has 108 valence electrons. The van der Waals surface area contributed by atoms with E-state index >= 15 is 0 Å². The highest BCUT2D eigenvalue weighted by Gasteiger charge is 2.20. The smallest absolute Gasteiger partial charge is 0.333 e. The molecule has 7 heteroatoms. The lowest BCUT2D eigenvalue weighted by Crippen LogP contribution is -2.22. The molecule has 3 heterocycles. The second-order valence-electron chi connectivity index (χ2n) is 4.56.